The highest BCUT2D eigenvalue weighted by atomic mass is 16.4. The van der Waals surface area contributed by atoms with Crippen molar-refractivity contribution in [2.24, 2.45) is 5.73 Å². The molecule has 2 amide bonds. The molecule has 3 unspecified atom stereocenters. The van der Waals surface area contributed by atoms with Crippen LogP contribution in [0.2, 0.25) is 0 Å². The summed E-state index contributed by atoms with van der Waals surface area (Å²) in [5.41, 5.74) is 7.91. The minimum atomic E-state index is -1.26. The number of rotatable bonds is 11. The van der Waals surface area contributed by atoms with Gasteiger partial charge in [0.2, 0.25) is 11.8 Å². The summed E-state index contributed by atoms with van der Waals surface area (Å²) in [7, 11) is 0. The van der Waals surface area contributed by atoms with E-state index in [1.165, 1.54) is 36.8 Å². The van der Waals surface area contributed by atoms with Gasteiger partial charge in [0.25, 0.3) is 0 Å². The van der Waals surface area contributed by atoms with Gasteiger partial charge in [-0.25, -0.2) is 9.78 Å². The number of carbonyl (C=O) groups excluding carboxylic acids is 2. The molecule has 0 radical (unpaired) electrons. The molecule has 2 aromatic carbocycles. The van der Waals surface area contributed by atoms with Gasteiger partial charge in [-0.15, -0.1) is 0 Å². The van der Waals surface area contributed by atoms with Crippen LogP contribution in [0, 0.1) is 0 Å². The fourth-order valence-electron chi connectivity index (χ4n) is 3.42. The number of carboxylic acid groups (broad SMARTS) is 1. The molecule has 1 aromatic heterocycles. The van der Waals surface area contributed by atoms with Crippen LogP contribution in [0.3, 0.4) is 0 Å². The first-order valence-corrected chi connectivity index (χ1v) is 10.8. The molecule has 35 heavy (non-hydrogen) atoms. The van der Waals surface area contributed by atoms with Crippen molar-refractivity contribution in [3.05, 3.63) is 77.9 Å². The predicted octanol–water partition coefficient (Wildman–Crippen LogP) is 0.230. The Morgan fingerprint density at radius 3 is 1.89 bits per heavy atom. The highest BCUT2D eigenvalue weighted by Gasteiger charge is 2.29. The monoisotopic (exact) mass is 481 g/mol. The molecule has 0 aliphatic rings. The summed E-state index contributed by atoms with van der Waals surface area (Å²) >= 11 is 0. The molecule has 0 bridgehead atoms. The summed E-state index contributed by atoms with van der Waals surface area (Å²) in [5, 5.41) is 33.5. The summed E-state index contributed by atoms with van der Waals surface area (Å²) in [6.07, 6.45) is 3.10. The van der Waals surface area contributed by atoms with Gasteiger partial charge in [0.05, 0.1) is 12.4 Å². The lowest BCUT2D eigenvalue weighted by molar-refractivity contribution is -0.142. The third kappa shape index (κ3) is 7.57. The highest BCUT2D eigenvalue weighted by molar-refractivity contribution is 5.92. The van der Waals surface area contributed by atoms with Crippen LogP contribution in [0.15, 0.2) is 61.1 Å². The number of nitrogens with two attached hydrogens (primary N) is 1. The number of nitrogens with zero attached hydrogens (tertiary/aromatic N) is 1. The number of hydrogen-bond acceptors (Lipinski definition) is 7. The van der Waals surface area contributed by atoms with Crippen molar-refractivity contribution in [3.8, 4) is 11.5 Å². The number of aromatic nitrogens is 2. The first kappa shape index (κ1) is 25.2. The lowest BCUT2D eigenvalue weighted by Gasteiger charge is -2.23. The number of H-pyrrole nitrogens is 1. The van der Waals surface area contributed by atoms with Crippen LogP contribution in [-0.2, 0) is 33.6 Å². The Labute approximate surface area is 201 Å². The first-order chi connectivity index (χ1) is 16.7. The van der Waals surface area contributed by atoms with Crippen LogP contribution >= 0.6 is 0 Å². The summed E-state index contributed by atoms with van der Waals surface area (Å²) in [5.74, 6) is -2.42. The number of phenols is 2. The Morgan fingerprint density at radius 2 is 1.37 bits per heavy atom. The number of phenolic OH excluding ortho intramolecular Hbond substituents is 2. The molecule has 3 rings (SSSR count). The lowest BCUT2D eigenvalue weighted by atomic mass is 10.0. The molecular weight excluding hydrogens is 454 g/mol. The van der Waals surface area contributed by atoms with Crippen LogP contribution < -0.4 is 16.4 Å². The SMILES string of the molecule is NC(Cc1ccc(O)cc1)C(=O)NC(Cc1cnc[nH]1)C(=O)NC(Cc1ccc(O)cc1)C(=O)O. The summed E-state index contributed by atoms with van der Waals surface area (Å²) < 4.78 is 0. The minimum Gasteiger partial charge on any atom is -0.508 e. The topological polar surface area (TPSA) is 191 Å². The van der Waals surface area contributed by atoms with Gasteiger partial charge in [-0.1, -0.05) is 24.3 Å². The van der Waals surface area contributed by atoms with E-state index in [4.69, 9.17) is 5.73 Å². The van der Waals surface area contributed by atoms with Crippen molar-refractivity contribution in [1.29, 1.82) is 0 Å². The lowest BCUT2D eigenvalue weighted by Crippen LogP contribution is -2.56. The van der Waals surface area contributed by atoms with Gasteiger partial charge >= 0.3 is 5.97 Å². The van der Waals surface area contributed by atoms with Gasteiger partial charge in [0.1, 0.15) is 23.6 Å². The van der Waals surface area contributed by atoms with Crippen molar-refractivity contribution in [2.75, 3.05) is 0 Å². The van der Waals surface area contributed by atoms with E-state index >= 15 is 0 Å². The number of aromatic hydroxyl groups is 2. The summed E-state index contributed by atoms with van der Waals surface area (Å²) in [6, 6.07) is 8.84. The minimum absolute atomic E-state index is 0.0214. The molecule has 8 N–H and O–H groups in total. The molecule has 11 heteroatoms. The van der Waals surface area contributed by atoms with Crippen molar-refractivity contribution in [2.45, 2.75) is 37.4 Å². The van der Waals surface area contributed by atoms with Crippen LogP contribution in [0.5, 0.6) is 11.5 Å². The van der Waals surface area contributed by atoms with Crippen molar-refractivity contribution >= 4 is 17.8 Å². The second-order valence-electron chi connectivity index (χ2n) is 8.09. The molecule has 3 atom stereocenters. The Balaban J connectivity index is 1.70. The maximum atomic E-state index is 13.1. The quantitative estimate of drug-likeness (QED) is 0.202. The van der Waals surface area contributed by atoms with Gasteiger partial charge in [-0.2, -0.15) is 0 Å². The van der Waals surface area contributed by atoms with Gasteiger partial charge in [-0.3, -0.25) is 9.59 Å². The fraction of sp³-hybridized carbons (Fsp3) is 0.250. The van der Waals surface area contributed by atoms with Gasteiger partial charge in [-0.05, 0) is 41.8 Å². The number of nitrogens with one attached hydrogen (secondary N) is 3. The highest BCUT2D eigenvalue weighted by Crippen LogP contribution is 2.13. The third-order valence-corrected chi connectivity index (χ3v) is 5.33. The summed E-state index contributed by atoms with van der Waals surface area (Å²) in [6.45, 7) is 0. The van der Waals surface area contributed by atoms with Crippen LogP contribution in [0.1, 0.15) is 16.8 Å². The average molecular weight is 482 g/mol. The first-order valence-electron chi connectivity index (χ1n) is 10.8. The molecule has 184 valence electrons. The number of aliphatic carboxylic acids is 1. The van der Waals surface area contributed by atoms with Crippen molar-refractivity contribution in [3.63, 3.8) is 0 Å². The van der Waals surface area contributed by atoms with Crippen molar-refractivity contribution in [1.82, 2.24) is 20.6 Å². The molecule has 0 fully saturated rings. The second-order valence-corrected chi connectivity index (χ2v) is 8.09. The smallest absolute Gasteiger partial charge is 0.326 e. The van der Waals surface area contributed by atoms with E-state index in [0.29, 0.717) is 11.3 Å². The molecular formula is C24H27N5O6. The number of imidazole rings is 1. The Hall–Kier alpha value is -4.38. The molecule has 0 saturated heterocycles. The van der Waals surface area contributed by atoms with E-state index in [9.17, 15) is 29.7 Å². The molecule has 0 spiro atoms. The van der Waals surface area contributed by atoms with Crippen LogP contribution in [-0.4, -0.2) is 61.2 Å². The maximum Gasteiger partial charge on any atom is 0.326 e. The number of aromatic amines is 1. The number of amides is 2. The van der Waals surface area contributed by atoms with E-state index in [1.807, 2.05) is 0 Å². The summed E-state index contributed by atoms with van der Waals surface area (Å²) in [4.78, 5) is 44.4. The molecule has 1 heterocycles. The largest absolute Gasteiger partial charge is 0.508 e. The number of carboxylic acids is 1. The zero-order valence-electron chi connectivity index (χ0n) is 18.7. The second kappa shape index (κ2) is 11.7. The Kier molecular flexibility index (Phi) is 8.41. The standard InChI is InChI=1S/C24H27N5O6/c25-19(9-14-1-5-17(30)6-2-14)22(32)28-20(11-16-12-26-13-27-16)23(33)29-21(24(34)35)10-15-3-7-18(31)8-4-15/h1-8,12-13,19-21,30-31H,9-11,25H2,(H,26,27)(H,28,32)(H,29,33)(H,34,35). The molecule has 0 aliphatic carbocycles. The zero-order chi connectivity index (χ0) is 25.4. The van der Waals surface area contributed by atoms with Gasteiger partial charge < -0.3 is 36.7 Å². The van der Waals surface area contributed by atoms with E-state index in [1.54, 1.807) is 24.3 Å². The number of benzene rings is 2. The normalized spacial score (nSPS) is 13.4. The van der Waals surface area contributed by atoms with E-state index in [-0.39, 0.29) is 30.8 Å². The van der Waals surface area contributed by atoms with E-state index < -0.39 is 35.9 Å². The maximum absolute atomic E-state index is 13.1. The molecule has 11 nitrogen and oxygen atoms in total. The van der Waals surface area contributed by atoms with Gasteiger partial charge in [0.15, 0.2) is 0 Å². The van der Waals surface area contributed by atoms with Gasteiger partial charge in [0, 0.05) is 24.7 Å². The number of hydrogen-bond donors (Lipinski definition) is 7. The van der Waals surface area contributed by atoms with Crippen molar-refractivity contribution < 1.29 is 29.7 Å². The van der Waals surface area contributed by atoms with E-state index in [2.05, 4.69) is 20.6 Å². The Bertz CT molecular complexity index is 1130. The molecule has 0 saturated carbocycles. The Morgan fingerprint density at radius 1 is 0.829 bits per heavy atom. The number of carbonyl (C=O) groups is 3. The fourth-order valence-corrected chi connectivity index (χ4v) is 3.42. The molecule has 3 aromatic rings. The van der Waals surface area contributed by atoms with Crippen LogP contribution in [0.25, 0.3) is 0 Å². The predicted molar refractivity (Wildman–Crippen MR) is 125 cm³/mol. The average Bonchev–Trinajstić information content (AvgIpc) is 3.34. The zero-order valence-corrected chi connectivity index (χ0v) is 18.7. The van der Waals surface area contributed by atoms with Crippen LogP contribution in [0.4, 0.5) is 0 Å². The third-order valence-electron chi connectivity index (χ3n) is 5.33. The van der Waals surface area contributed by atoms with E-state index in [0.717, 1.165) is 5.56 Å². The molecule has 0 aliphatic heterocycles.